The molecule has 2 aromatic rings. The highest BCUT2D eigenvalue weighted by Gasteiger charge is 2.25. The van der Waals surface area contributed by atoms with Crippen molar-refractivity contribution in [3.63, 3.8) is 0 Å². The zero-order valence-corrected chi connectivity index (χ0v) is 18.9. The van der Waals surface area contributed by atoms with Crippen LogP contribution >= 0.6 is 9.24 Å². The SMILES string of the molecule is C[Si](C)(C)c1cccc(C(P)c2cccc([Si](C)(C)C)c2N)c1N. The molecule has 0 aliphatic heterocycles. The zero-order valence-electron chi connectivity index (χ0n) is 15.8. The summed E-state index contributed by atoms with van der Waals surface area (Å²) in [6.07, 6.45) is 0. The fraction of sp³-hybridized carbons (Fsp3) is 0.368. The van der Waals surface area contributed by atoms with Crippen LogP contribution in [0, 0.1) is 0 Å². The molecule has 0 saturated heterocycles. The number of nitrogen functional groups attached to an aromatic ring is 2. The van der Waals surface area contributed by atoms with Gasteiger partial charge in [0.25, 0.3) is 0 Å². The molecule has 130 valence electrons. The Morgan fingerprint density at radius 3 is 1.33 bits per heavy atom. The van der Waals surface area contributed by atoms with Crippen molar-refractivity contribution in [1.29, 1.82) is 0 Å². The van der Waals surface area contributed by atoms with E-state index in [0.29, 0.717) is 0 Å². The van der Waals surface area contributed by atoms with E-state index in [1.165, 1.54) is 21.5 Å². The lowest BCUT2D eigenvalue weighted by Gasteiger charge is -2.26. The van der Waals surface area contributed by atoms with E-state index < -0.39 is 16.1 Å². The van der Waals surface area contributed by atoms with Gasteiger partial charge < -0.3 is 11.5 Å². The molecule has 4 N–H and O–H groups in total. The average Bonchev–Trinajstić information content (AvgIpc) is 2.44. The molecule has 2 aromatic carbocycles. The monoisotopic (exact) mass is 374 g/mol. The Bertz CT molecular complexity index is 683. The number of hydrogen-bond donors (Lipinski definition) is 2. The van der Waals surface area contributed by atoms with Gasteiger partial charge in [-0.05, 0) is 21.5 Å². The average molecular weight is 375 g/mol. The standard InChI is InChI=1S/C19H31N2PSi2/c1-23(2,3)15-11-7-9-13(17(15)20)19(22)14-10-8-12-16(18(14)21)24(4,5)6/h7-12,19H,20-22H2,1-6H3. The highest BCUT2D eigenvalue weighted by molar-refractivity contribution is 7.17. The van der Waals surface area contributed by atoms with Crippen LogP contribution in [0.5, 0.6) is 0 Å². The van der Waals surface area contributed by atoms with E-state index in [1.807, 2.05) is 0 Å². The largest absolute Gasteiger partial charge is 0.399 e. The van der Waals surface area contributed by atoms with Crippen LogP contribution in [0.1, 0.15) is 16.8 Å². The van der Waals surface area contributed by atoms with Gasteiger partial charge in [0.15, 0.2) is 0 Å². The maximum absolute atomic E-state index is 6.57. The fourth-order valence-electron chi connectivity index (χ4n) is 3.18. The van der Waals surface area contributed by atoms with Crippen molar-refractivity contribution in [3.8, 4) is 0 Å². The Morgan fingerprint density at radius 1 is 0.708 bits per heavy atom. The summed E-state index contributed by atoms with van der Waals surface area (Å²) in [6.45, 7) is 14.0. The van der Waals surface area contributed by atoms with Crippen molar-refractivity contribution in [1.82, 2.24) is 0 Å². The Balaban J connectivity index is 2.57. The Kier molecular flexibility index (Phi) is 5.34. The Morgan fingerprint density at radius 2 is 1.04 bits per heavy atom. The van der Waals surface area contributed by atoms with Gasteiger partial charge in [0.1, 0.15) is 0 Å². The van der Waals surface area contributed by atoms with E-state index in [0.717, 1.165) is 11.4 Å². The number of rotatable bonds is 4. The van der Waals surface area contributed by atoms with Gasteiger partial charge in [0.2, 0.25) is 0 Å². The zero-order chi connectivity index (χ0) is 18.3. The first-order chi connectivity index (χ1) is 10.9. The first-order valence-corrected chi connectivity index (χ1v) is 16.1. The summed E-state index contributed by atoms with van der Waals surface area (Å²) in [5.74, 6) is 0. The normalized spacial score (nSPS) is 12.7. The van der Waals surface area contributed by atoms with Gasteiger partial charge in [-0.3, -0.25) is 0 Å². The number of nitrogens with two attached hydrogens (primary N) is 2. The summed E-state index contributed by atoms with van der Waals surface area (Å²) < 4.78 is 0. The summed E-state index contributed by atoms with van der Waals surface area (Å²) in [7, 11) is 0.0153. The quantitative estimate of drug-likeness (QED) is 0.484. The van der Waals surface area contributed by atoms with Crippen LogP contribution in [-0.2, 0) is 0 Å². The molecule has 2 nitrogen and oxygen atoms in total. The molecule has 0 spiro atoms. The van der Waals surface area contributed by atoms with Gasteiger partial charge in [0.05, 0.1) is 16.1 Å². The van der Waals surface area contributed by atoms with Crippen LogP contribution in [-0.4, -0.2) is 16.1 Å². The summed E-state index contributed by atoms with van der Waals surface area (Å²) >= 11 is 0. The van der Waals surface area contributed by atoms with Crippen LogP contribution in [0.4, 0.5) is 11.4 Å². The molecular weight excluding hydrogens is 343 g/mol. The van der Waals surface area contributed by atoms with Gasteiger partial charge in [-0.25, -0.2) is 0 Å². The minimum Gasteiger partial charge on any atom is -0.399 e. The molecule has 0 bridgehead atoms. The van der Waals surface area contributed by atoms with E-state index in [4.69, 9.17) is 11.5 Å². The van der Waals surface area contributed by atoms with E-state index in [9.17, 15) is 0 Å². The Labute approximate surface area is 151 Å². The number of para-hydroxylation sites is 2. The maximum atomic E-state index is 6.57. The molecule has 1 unspecified atom stereocenters. The second kappa shape index (κ2) is 6.66. The van der Waals surface area contributed by atoms with E-state index in [1.54, 1.807) is 0 Å². The summed E-state index contributed by atoms with van der Waals surface area (Å²) in [6, 6.07) is 12.9. The van der Waals surface area contributed by atoms with Crippen molar-refractivity contribution in [2.45, 2.75) is 44.9 Å². The lowest BCUT2D eigenvalue weighted by atomic mass is 10.0. The van der Waals surface area contributed by atoms with Crippen molar-refractivity contribution < 1.29 is 0 Å². The van der Waals surface area contributed by atoms with Crippen LogP contribution in [0.3, 0.4) is 0 Å². The molecule has 0 amide bonds. The van der Waals surface area contributed by atoms with Crippen molar-refractivity contribution in [3.05, 3.63) is 47.5 Å². The van der Waals surface area contributed by atoms with Gasteiger partial charge >= 0.3 is 0 Å². The molecule has 2 rings (SSSR count). The van der Waals surface area contributed by atoms with Gasteiger partial charge in [0, 0.05) is 17.0 Å². The van der Waals surface area contributed by atoms with Gasteiger partial charge in [-0.2, -0.15) is 0 Å². The van der Waals surface area contributed by atoms with Crippen LogP contribution < -0.4 is 21.8 Å². The molecule has 0 aliphatic carbocycles. The maximum Gasteiger partial charge on any atom is 0.0803 e. The first-order valence-electron chi connectivity index (χ1n) is 8.48. The predicted octanol–water partition coefficient (Wildman–Crippen LogP) is 3.91. The lowest BCUT2D eigenvalue weighted by molar-refractivity contribution is 1.17. The topological polar surface area (TPSA) is 52.0 Å². The molecule has 5 heteroatoms. The second-order valence-electron chi connectivity index (χ2n) is 8.59. The molecule has 0 radical (unpaired) electrons. The van der Waals surface area contributed by atoms with Crippen LogP contribution in [0.2, 0.25) is 39.3 Å². The summed E-state index contributed by atoms with van der Waals surface area (Å²) in [5, 5.41) is 2.65. The molecular formula is C19H31N2PSi2. The minimum absolute atomic E-state index is 0.123. The number of hydrogen-bond acceptors (Lipinski definition) is 2. The molecule has 24 heavy (non-hydrogen) atoms. The molecule has 0 fully saturated rings. The van der Waals surface area contributed by atoms with E-state index in [2.05, 4.69) is 84.9 Å². The van der Waals surface area contributed by atoms with Crippen molar-refractivity contribution >= 4 is 47.1 Å². The summed E-state index contributed by atoms with van der Waals surface area (Å²) in [4.78, 5) is 0. The van der Waals surface area contributed by atoms with E-state index >= 15 is 0 Å². The molecule has 0 heterocycles. The third-order valence-corrected chi connectivity index (χ3v) is 9.39. The predicted molar refractivity (Wildman–Crippen MR) is 119 cm³/mol. The molecule has 0 aromatic heterocycles. The Hall–Kier alpha value is -1.10. The van der Waals surface area contributed by atoms with Crippen LogP contribution in [0.25, 0.3) is 0 Å². The van der Waals surface area contributed by atoms with Gasteiger partial charge in [-0.1, -0.05) is 75.7 Å². The smallest absolute Gasteiger partial charge is 0.0803 e. The van der Waals surface area contributed by atoms with Crippen molar-refractivity contribution in [2.24, 2.45) is 0 Å². The third kappa shape index (κ3) is 3.76. The first kappa shape index (κ1) is 19.2. The summed E-state index contributed by atoms with van der Waals surface area (Å²) in [5.41, 5.74) is 17.5. The van der Waals surface area contributed by atoms with Crippen molar-refractivity contribution in [2.75, 3.05) is 11.5 Å². The highest BCUT2D eigenvalue weighted by atomic mass is 31.0. The lowest BCUT2D eigenvalue weighted by Crippen LogP contribution is -2.40. The molecule has 0 saturated carbocycles. The fourth-order valence-corrected chi connectivity index (χ4v) is 6.86. The van der Waals surface area contributed by atoms with Gasteiger partial charge in [-0.15, -0.1) is 9.24 Å². The second-order valence-corrected chi connectivity index (χ2v) is 19.3. The number of benzene rings is 2. The highest BCUT2D eigenvalue weighted by Crippen LogP contribution is 2.37. The molecule has 0 aliphatic rings. The number of anilines is 2. The van der Waals surface area contributed by atoms with E-state index in [-0.39, 0.29) is 5.66 Å². The minimum atomic E-state index is -1.47. The molecule has 1 atom stereocenters. The third-order valence-electron chi connectivity index (χ3n) is 4.57. The van der Waals surface area contributed by atoms with Crippen LogP contribution in [0.15, 0.2) is 36.4 Å².